The minimum atomic E-state index is -0.589. The molecule has 1 amide bonds. The summed E-state index contributed by atoms with van der Waals surface area (Å²) in [6.45, 7) is 8.24. The zero-order chi connectivity index (χ0) is 18.4. The molecule has 1 fully saturated rings. The molecule has 2 aromatic carbocycles. The molecule has 0 saturated heterocycles. The lowest BCUT2D eigenvalue weighted by Gasteiger charge is -2.23. The van der Waals surface area contributed by atoms with Gasteiger partial charge in [-0.1, -0.05) is 37.6 Å². The van der Waals surface area contributed by atoms with E-state index in [2.05, 4.69) is 5.32 Å². The Morgan fingerprint density at radius 1 is 1.12 bits per heavy atom. The summed E-state index contributed by atoms with van der Waals surface area (Å²) in [5.74, 6) is -1.30. The van der Waals surface area contributed by atoms with E-state index in [4.69, 9.17) is 0 Å². The average Bonchev–Trinajstić information content (AvgIpc) is 3.09. The van der Waals surface area contributed by atoms with Crippen molar-refractivity contribution >= 4 is 5.91 Å². The van der Waals surface area contributed by atoms with Gasteiger partial charge in [-0.05, 0) is 48.9 Å². The van der Waals surface area contributed by atoms with Crippen molar-refractivity contribution < 1.29 is 13.6 Å². The van der Waals surface area contributed by atoms with Crippen LogP contribution in [0.1, 0.15) is 47.3 Å². The van der Waals surface area contributed by atoms with Gasteiger partial charge in [0.1, 0.15) is 11.6 Å². The molecule has 1 N–H and O–H groups in total. The number of nitrogens with one attached hydrogen (secondary N) is 1. The predicted octanol–water partition coefficient (Wildman–Crippen LogP) is 4.68. The third kappa shape index (κ3) is 3.06. The van der Waals surface area contributed by atoms with E-state index in [0.717, 1.165) is 23.6 Å². The molecule has 25 heavy (non-hydrogen) atoms. The lowest BCUT2D eigenvalue weighted by Crippen LogP contribution is -2.35. The normalized spacial score (nSPS) is 21.0. The van der Waals surface area contributed by atoms with Crippen molar-refractivity contribution in [2.24, 2.45) is 5.41 Å². The lowest BCUT2D eigenvalue weighted by molar-refractivity contribution is 0.0947. The first-order valence-electron chi connectivity index (χ1n) is 8.47. The summed E-state index contributed by atoms with van der Waals surface area (Å²) in [4.78, 5) is 12.6. The van der Waals surface area contributed by atoms with E-state index in [1.165, 1.54) is 12.1 Å². The summed E-state index contributed by atoms with van der Waals surface area (Å²) in [5, 5.41) is 2.97. The lowest BCUT2D eigenvalue weighted by atomic mass is 9.87. The van der Waals surface area contributed by atoms with Crippen LogP contribution in [0.4, 0.5) is 8.78 Å². The maximum atomic E-state index is 14.3. The first-order valence-corrected chi connectivity index (χ1v) is 8.47. The minimum Gasteiger partial charge on any atom is -0.351 e. The van der Waals surface area contributed by atoms with E-state index in [-0.39, 0.29) is 11.3 Å². The Morgan fingerprint density at radius 2 is 1.80 bits per heavy atom. The molecule has 4 heteroatoms. The molecule has 0 radical (unpaired) electrons. The van der Waals surface area contributed by atoms with Gasteiger partial charge in [-0.3, -0.25) is 4.79 Å². The highest BCUT2D eigenvalue weighted by atomic mass is 19.1. The van der Waals surface area contributed by atoms with Crippen LogP contribution in [-0.4, -0.2) is 12.5 Å². The van der Waals surface area contributed by atoms with Gasteiger partial charge in [0.2, 0.25) is 0 Å². The number of amides is 1. The smallest absolute Gasteiger partial charge is 0.251 e. The largest absolute Gasteiger partial charge is 0.351 e. The maximum absolute atomic E-state index is 14.3. The number of benzene rings is 2. The van der Waals surface area contributed by atoms with E-state index in [1.807, 2.05) is 45.9 Å². The number of aryl methyl sites for hydroxylation is 2. The van der Waals surface area contributed by atoms with Crippen LogP contribution in [0.2, 0.25) is 0 Å². The molecule has 2 aromatic rings. The van der Waals surface area contributed by atoms with E-state index >= 15 is 0 Å². The number of hydrogen-bond acceptors (Lipinski definition) is 1. The highest BCUT2D eigenvalue weighted by Gasteiger charge is 2.62. The summed E-state index contributed by atoms with van der Waals surface area (Å²) in [5.41, 5.74) is 2.37. The van der Waals surface area contributed by atoms with Gasteiger partial charge in [0.25, 0.3) is 5.91 Å². The molecular formula is C21H23F2NO. The highest BCUT2D eigenvalue weighted by Crippen LogP contribution is 2.64. The molecule has 0 spiro atoms. The van der Waals surface area contributed by atoms with Gasteiger partial charge in [-0.15, -0.1) is 0 Å². The van der Waals surface area contributed by atoms with Crippen molar-refractivity contribution in [3.05, 3.63) is 70.3 Å². The van der Waals surface area contributed by atoms with Crippen LogP contribution in [-0.2, 0) is 5.41 Å². The van der Waals surface area contributed by atoms with Crippen LogP contribution < -0.4 is 5.32 Å². The molecular weight excluding hydrogens is 320 g/mol. The summed E-state index contributed by atoms with van der Waals surface area (Å²) >= 11 is 0. The molecule has 2 nitrogen and oxygen atoms in total. The predicted molar refractivity (Wildman–Crippen MR) is 94.7 cm³/mol. The van der Waals surface area contributed by atoms with Gasteiger partial charge in [-0.2, -0.15) is 0 Å². The minimum absolute atomic E-state index is 0.152. The highest BCUT2D eigenvalue weighted by molar-refractivity contribution is 5.95. The zero-order valence-electron chi connectivity index (χ0n) is 15.0. The molecule has 0 aromatic heterocycles. The number of hydrogen-bond donors (Lipinski definition) is 1. The van der Waals surface area contributed by atoms with Crippen molar-refractivity contribution in [1.29, 1.82) is 0 Å². The van der Waals surface area contributed by atoms with E-state index in [9.17, 15) is 13.6 Å². The fourth-order valence-corrected chi connectivity index (χ4v) is 3.75. The molecule has 1 aliphatic rings. The Hall–Kier alpha value is -2.23. The standard InChI is InChI=1S/C21H23F2NO/c1-13-5-6-14(2)16(9-13)19(25)24-12-21(11-20(21,3)4)17-8-7-15(22)10-18(17)23/h5-10H,11-12H2,1-4H3,(H,24,25). The van der Waals surface area contributed by atoms with Crippen LogP contribution in [0.15, 0.2) is 36.4 Å². The number of halogens is 2. The van der Waals surface area contributed by atoms with Gasteiger partial charge in [0, 0.05) is 23.6 Å². The molecule has 132 valence electrons. The molecule has 1 aliphatic carbocycles. The molecule has 1 saturated carbocycles. The third-order valence-electron chi connectivity index (χ3n) is 5.55. The van der Waals surface area contributed by atoms with Gasteiger partial charge in [0.15, 0.2) is 0 Å². The van der Waals surface area contributed by atoms with Gasteiger partial charge < -0.3 is 5.32 Å². The topological polar surface area (TPSA) is 29.1 Å². The Kier molecular flexibility index (Phi) is 4.18. The Labute approximate surface area is 147 Å². The SMILES string of the molecule is Cc1ccc(C)c(C(=O)NCC2(c3ccc(F)cc3F)CC2(C)C)c1. The summed E-state index contributed by atoms with van der Waals surface area (Å²) in [7, 11) is 0. The molecule has 3 rings (SSSR count). The first kappa shape index (κ1) is 17.6. The van der Waals surface area contributed by atoms with Crippen molar-refractivity contribution in [3.63, 3.8) is 0 Å². The second-order valence-electron chi connectivity index (χ2n) is 7.77. The Balaban J connectivity index is 1.84. The van der Waals surface area contributed by atoms with Gasteiger partial charge >= 0.3 is 0 Å². The van der Waals surface area contributed by atoms with Crippen molar-refractivity contribution in [2.45, 2.75) is 39.5 Å². The van der Waals surface area contributed by atoms with E-state index in [0.29, 0.717) is 17.7 Å². The molecule has 0 aliphatic heterocycles. The van der Waals surface area contributed by atoms with Crippen molar-refractivity contribution in [2.75, 3.05) is 6.54 Å². The second-order valence-corrected chi connectivity index (χ2v) is 7.77. The molecule has 1 atom stereocenters. The first-order chi connectivity index (χ1) is 11.7. The van der Waals surface area contributed by atoms with Crippen LogP contribution in [0, 0.1) is 30.9 Å². The van der Waals surface area contributed by atoms with Crippen molar-refractivity contribution in [3.8, 4) is 0 Å². The van der Waals surface area contributed by atoms with Crippen LogP contribution in [0.25, 0.3) is 0 Å². The number of carbonyl (C=O) groups excluding carboxylic acids is 1. The summed E-state index contributed by atoms with van der Waals surface area (Å²) in [6.07, 6.45) is 0.746. The Morgan fingerprint density at radius 3 is 2.40 bits per heavy atom. The summed E-state index contributed by atoms with van der Waals surface area (Å²) in [6, 6.07) is 9.43. The molecule has 0 heterocycles. The van der Waals surface area contributed by atoms with Crippen molar-refractivity contribution in [1.82, 2.24) is 5.32 Å². The number of carbonyl (C=O) groups is 1. The summed E-state index contributed by atoms with van der Waals surface area (Å²) < 4.78 is 27.6. The van der Waals surface area contributed by atoms with Crippen LogP contribution >= 0.6 is 0 Å². The van der Waals surface area contributed by atoms with Gasteiger partial charge in [0.05, 0.1) is 0 Å². The van der Waals surface area contributed by atoms with Gasteiger partial charge in [-0.25, -0.2) is 8.78 Å². The van der Waals surface area contributed by atoms with E-state index < -0.39 is 17.0 Å². The monoisotopic (exact) mass is 343 g/mol. The fraction of sp³-hybridized carbons (Fsp3) is 0.381. The fourth-order valence-electron chi connectivity index (χ4n) is 3.75. The molecule has 0 bridgehead atoms. The van der Waals surface area contributed by atoms with Crippen LogP contribution in [0.5, 0.6) is 0 Å². The molecule has 1 unspecified atom stereocenters. The quantitative estimate of drug-likeness (QED) is 0.858. The number of rotatable bonds is 4. The Bertz CT molecular complexity index is 844. The van der Waals surface area contributed by atoms with E-state index in [1.54, 1.807) is 0 Å². The zero-order valence-corrected chi connectivity index (χ0v) is 15.0. The van der Waals surface area contributed by atoms with Crippen LogP contribution in [0.3, 0.4) is 0 Å². The second kappa shape index (κ2) is 5.94. The maximum Gasteiger partial charge on any atom is 0.251 e. The third-order valence-corrected chi connectivity index (χ3v) is 5.55. The average molecular weight is 343 g/mol.